The average molecular weight is 390 g/mol. The standard InChI is InChI=1S/C21H18N4O4/c26-18-8-4-3-7-16(18)23-19-10-15(22-21(28)29)9-17(24-19)20(27)25-11-13-5-1-2-6-14(13)12-25/h1-10,26H,11-12H2,(H,28,29)(H2,22,23,24). The van der Waals surface area contributed by atoms with E-state index in [9.17, 15) is 14.7 Å². The summed E-state index contributed by atoms with van der Waals surface area (Å²) in [7, 11) is 0. The van der Waals surface area contributed by atoms with Crippen LogP contribution in [0.15, 0.2) is 60.7 Å². The molecule has 8 nitrogen and oxygen atoms in total. The first-order chi connectivity index (χ1) is 14.0. The van der Waals surface area contributed by atoms with Gasteiger partial charge in [0.1, 0.15) is 17.3 Å². The van der Waals surface area contributed by atoms with Gasteiger partial charge < -0.3 is 20.4 Å². The number of phenolic OH excluding ortho intramolecular Hbond substituents is 1. The van der Waals surface area contributed by atoms with E-state index in [1.807, 2.05) is 24.3 Å². The van der Waals surface area contributed by atoms with Crippen molar-refractivity contribution in [1.29, 1.82) is 0 Å². The van der Waals surface area contributed by atoms with Gasteiger partial charge in [0.25, 0.3) is 5.91 Å². The molecule has 0 atom stereocenters. The number of nitrogens with one attached hydrogen (secondary N) is 2. The van der Waals surface area contributed by atoms with Gasteiger partial charge in [0.05, 0.1) is 11.4 Å². The van der Waals surface area contributed by atoms with Gasteiger partial charge in [-0.05, 0) is 29.3 Å². The summed E-state index contributed by atoms with van der Waals surface area (Å²) in [5.74, 6) is -0.0675. The number of fused-ring (bicyclic) bond motifs is 1. The van der Waals surface area contributed by atoms with E-state index in [4.69, 9.17) is 5.11 Å². The Hall–Kier alpha value is -4.07. The molecule has 1 aliphatic rings. The number of benzene rings is 2. The summed E-state index contributed by atoms with van der Waals surface area (Å²) in [6.45, 7) is 0.936. The van der Waals surface area contributed by atoms with Crippen molar-refractivity contribution >= 4 is 29.2 Å². The van der Waals surface area contributed by atoms with Crippen LogP contribution in [0.2, 0.25) is 0 Å². The zero-order valence-corrected chi connectivity index (χ0v) is 15.3. The number of amides is 2. The van der Waals surface area contributed by atoms with Gasteiger partial charge in [-0.25, -0.2) is 9.78 Å². The van der Waals surface area contributed by atoms with Crippen LogP contribution in [0.25, 0.3) is 0 Å². The summed E-state index contributed by atoms with van der Waals surface area (Å²) in [5, 5.41) is 24.2. The Morgan fingerprint density at radius 2 is 1.62 bits per heavy atom. The fraction of sp³-hybridized carbons (Fsp3) is 0.0952. The van der Waals surface area contributed by atoms with E-state index in [0.717, 1.165) is 11.1 Å². The molecule has 146 valence electrons. The maximum absolute atomic E-state index is 13.0. The summed E-state index contributed by atoms with van der Waals surface area (Å²) >= 11 is 0. The highest BCUT2D eigenvalue weighted by atomic mass is 16.4. The number of phenols is 1. The molecule has 4 N–H and O–H groups in total. The normalized spacial score (nSPS) is 12.3. The van der Waals surface area contributed by atoms with Gasteiger partial charge in [-0.2, -0.15) is 0 Å². The maximum atomic E-state index is 13.0. The van der Waals surface area contributed by atoms with Crippen molar-refractivity contribution in [3.8, 4) is 5.75 Å². The number of nitrogens with zero attached hydrogens (tertiary/aromatic N) is 2. The molecule has 0 fully saturated rings. The molecule has 0 bridgehead atoms. The summed E-state index contributed by atoms with van der Waals surface area (Å²) in [6.07, 6.45) is -1.25. The number of pyridine rings is 1. The fourth-order valence-electron chi connectivity index (χ4n) is 3.26. The molecule has 0 saturated heterocycles. The second kappa shape index (κ2) is 7.51. The minimum Gasteiger partial charge on any atom is -0.506 e. The SMILES string of the molecule is O=C(O)Nc1cc(Nc2ccccc2O)nc(C(=O)N2Cc3ccccc3C2)c1. The molecular weight excluding hydrogens is 372 g/mol. The largest absolute Gasteiger partial charge is 0.506 e. The van der Waals surface area contributed by atoms with Gasteiger partial charge in [0.2, 0.25) is 0 Å². The molecule has 0 aliphatic carbocycles. The van der Waals surface area contributed by atoms with E-state index in [1.165, 1.54) is 18.2 Å². The number of para-hydroxylation sites is 2. The minimum absolute atomic E-state index is 0.00812. The molecule has 1 aromatic heterocycles. The molecule has 2 amide bonds. The molecule has 8 heteroatoms. The molecule has 2 heterocycles. The average Bonchev–Trinajstić information content (AvgIpc) is 3.13. The number of rotatable bonds is 4. The molecule has 29 heavy (non-hydrogen) atoms. The van der Waals surface area contributed by atoms with Gasteiger partial charge in [0, 0.05) is 19.2 Å². The molecule has 0 radical (unpaired) electrons. The fourth-order valence-corrected chi connectivity index (χ4v) is 3.26. The predicted octanol–water partition coefficient (Wildman–Crippen LogP) is 3.78. The Kier molecular flexibility index (Phi) is 4.74. The Morgan fingerprint density at radius 1 is 0.966 bits per heavy atom. The van der Waals surface area contributed by atoms with E-state index >= 15 is 0 Å². The van der Waals surface area contributed by atoms with E-state index < -0.39 is 6.09 Å². The van der Waals surface area contributed by atoms with Crippen molar-refractivity contribution in [2.45, 2.75) is 13.1 Å². The van der Waals surface area contributed by atoms with Crippen LogP contribution in [-0.4, -0.2) is 32.1 Å². The predicted molar refractivity (Wildman–Crippen MR) is 107 cm³/mol. The molecule has 0 saturated carbocycles. The van der Waals surface area contributed by atoms with Gasteiger partial charge in [-0.3, -0.25) is 10.1 Å². The lowest BCUT2D eigenvalue weighted by atomic mass is 10.1. The first-order valence-electron chi connectivity index (χ1n) is 8.93. The van der Waals surface area contributed by atoms with Crippen LogP contribution in [0.3, 0.4) is 0 Å². The third-order valence-corrected chi connectivity index (χ3v) is 4.59. The van der Waals surface area contributed by atoms with Gasteiger partial charge in [-0.15, -0.1) is 0 Å². The quantitative estimate of drug-likeness (QED) is 0.504. The van der Waals surface area contributed by atoms with Crippen LogP contribution in [0.5, 0.6) is 5.75 Å². The molecule has 1 aliphatic heterocycles. The monoisotopic (exact) mass is 390 g/mol. The Balaban J connectivity index is 1.64. The first kappa shape index (κ1) is 18.3. The maximum Gasteiger partial charge on any atom is 0.409 e. The number of carbonyl (C=O) groups is 2. The third kappa shape index (κ3) is 3.96. The number of carbonyl (C=O) groups excluding carboxylic acids is 1. The molecule has 0 unspecified atom stereocenters. The molecule has 2 aromatic carbocycles. The van der Waals surface area contributed by atoms with Crippen LogP contribution < -0.4 is 10.6 Å². The van der Waals surface area contributed by atoms with Crippen LogP contribution >= 0.6 is 0 Å². The number of aromatic hydroxyl groups is 1. The summed E-state index contributed by atoms with van der Waals surface area (Å²) < 4.78 is 0. The second-order valence-electron chi connectivity index (χ2n) is 6.63. The summed E-state index contributed by atoms with van der Waals surface area (Å²) in [6, 6.07) is 17.2. The van der Waals surface area contributed by atoms with Crippen molar-refractivity contribution in [3.63, 3.8) is 0 Å². The number of hydrogen-bond acceptors (Lipinski definition) is 5. The van der Waals surface area contributed by atoms with E-state index in [0.29, 0.717) is 18.8 Å². The van der Waals surface area contributed by atoms with E-state index in [1.54, 1.807) is 23.1 Å². The topological polar surface area (TPSA) is 115 Å². The summed E-state index contributed by atoms with van der Waals surface area (Å²) in [5.41, 5.74) is 2.84. The lowest BCUT2D eigenvalue weighted by Gasteiger charge is -2.17. The lowest BCUT2D eigenvalue weighted by molar-refractivity contribution is 0.0745. The van der Waals surface area contributed by atoms with Gasteiger partial charge in [-0.1, -0.05) is 36.4 Å². The van der Waals surface area contributed by atoms with Crippen molar-refractivity contribution in [1.82, 2.24) is 9.88 Å². The smallest absolute Gasteiger partial charge is 0.409 e. The third-order valence-electron chi connectivity index (χ3n) is 4.59. The Morgan fingerprint density at radius 3 is 2.28 bits per heavy atom. The van der Waals surface area contributed by atoms with Crippen molar-refractivity contribution in [2.75, 3.05) is 10.6 Å². The number of carboxylic acid groups (broad SMARTS) is 1. The van der Waals surface area contributed by atoms with Gasteiger partial charge in [0.15, 0.2) is 0 Å². The Bertz CT molecular complexity index is 1070. The second-order valence-corrected chi connectivity index (χ2v) is 6.63. The number of hydrogen-bond donors (Lipinski definition) is 4. The number of aromatic nitrogens is 1. The van der Waals surface area contributed by atoms with Crippen LogP contribution in [0.1, 0.15) is 21.6 Å². The van der Waals surface area contributed by atoms with Crippen LogP contribution in [0.4, 0.5) is 22.0 Å². The lowest BCUT2D eigenvalue weighted by Crippen LogP contribution is -2.26. The molecular formula is C21H18N4O4. The van der Waals surface area contributed by atoms with E-state index in [-0.39, 0.29) is 28.9 Å². The highest BCUT2D eigenvalue weighted by molar-refractivity contribution is 5.95. The van der Waals surface area contributed by atoms with Crippen molar-refractivity contribution < 1.29 is 19.8 Å². The summed E-state index contributed by atoms with van der Waals surface area (Å²) in [4.78, 5) is 30.1. The zero-order chi connectivity index (χ0) is 20.4. The highest BCUT2D eigenvalue weighted by Gasteiger charge is 2.25. The van der Waals surface area contributed by atoms with Crippen molar-refractivity contribution in [3.05, 3.63) is 77.5 Å². The van der Waals surface area contributed by atoms with Crippen LogP contribution in [0, 0.1) is 0 Å². The Labute approximate surface area is 166 Å². The minimum atomic E-state index is -1.25. The van der Waals surface area contributed by atoms with Crippen molar-refractivity contribution in [2.24, 2.45) is 0 Å². The van der Waals surface area contributed by atoms with Crippen LogP contribution in [-0.2, 0) is 13.1 Å². The number of anilines is 3. The highest BCUT2D eigenvalue weighted by Crippen LogP contribution is 2.28. The van der Waals surface area contributed by atoms with Gasteiger partial charge >= 0.3 is 6.09 Å². The molecule has 0 spiro atoms. The molecule has 3 aromatic rings. The first-order valence-corrected chi connectivity index (χ1v) is 8.93. The molecule has 4 rings (SSSR count). The zero-order valence-electron chi connectivity index (χ0n) is 15.3. The van der Waals surface area contributed by atoms with E-state index in [2.05, 4.69) is 15.6 Å².